The zero-order valence-corrected chi connectivity index (χ0v) is 10.4. The van der Waals surface area contributed by atoms with E-state index in [2.05, 4.69) is 10.2 Å². The highest BCUT2D eigenvalue weighted by atomic mass is 16.2. The number of amides is 1. The molecule has 1 aromatic rings. The Morgan fingerprint density at radius 2 is 1.82 bits per heavy atom. The van der Waals surface area contributed by atoms with Crippen LogP contribution in [0.1, 0.15) is 30.9 Å². The molecule has 3 nitrogen and oxygen atoms in total. The molecule has 0 aliphatic carbocycles. The average molecular weight is 232 g/mol. The van der Waals surface area contributed by atoms with Crippen LogP contribution in [0.25, 0.3) is 0 Å². The maximum Gasteiger partial charge on any atom is 0.241 e. The number of hydrogen-bond acceptors (Lipinski definition) is 2. The molecule has 92 valence electrons. The second-order valence-corrected chi connectivity index (χ2v) is 4.52. The Balaban J connectivity index is 2.21. The molecule has 3 heteroatoms. The third-order valence-electron chi connectivity index (χ3n) is 3.37. The van der Waals surface area contributed by atoms with Crippen molar-refractivity contribution >= 4 is 5.91 Å². The van der Waals surface area contributed by atoms with Crippen molar-refractivity contribution in [2.45, 2.75) is 25.3 Å². The summed E-state index contributed by atoms with van der Waals surface area (Å²) < 4.78 is 0. The summed E-state index contributed by atoms with van der Waals surface area (Å²) in [6.45, 7) is 2.04. The fourth-order valence-electron chi connectivity index (χ4n) is 2.48. The minimum Gasteiger partial charge on any atom is -0.358 e. The Bertz CT molecular complexity index is 358. The van der Waals surface area contributed by atoms with Gasteiger partial charge in [0.05, 0.1) is 0 Å². The number of rotatable bonds is 3. The van der Waals surface area contributed by atoms with E-state index in [9.17, 15) is 4.79 Å². The van der Waals surface area contributed by atoms with Crippen molar-refractivity contribution in [3.8, 4) is 0 Å². The highest BCUT2D eigenvalue weighted by Gasteiger charge is 2.27. The summed E-state index contributed by atoms with van der Waals surface area (Å²) in [5.41, 5.74) is 1.09. The average Bonchev–Trinajstić information content (AvgIpc) is 2.41. The standard InChI is InChI=1S/C14H20N2O/c1-15-14(17)13(12-8-4-2-5-9-12)16-10-6-3-7-11-16/h2,4-5,8-9,13H,3,6-7,10-11H2,1H3,(H,15,17). The molecule has 1 atom stereocenters. The second kappa shape index (κ2) is 5.82. The lowest BCUT2D eigenvalue weighted by Crippen LogP contribution is -2.41. The number of likely N-dealkylation sites (N-methyl/N-ethyl adjacent to an activating group) is 1. The van der Waals surface area contributed by atoms with Crippen LogP contribution in [-0.4, -0.2) is 30.9 Å². The first-order valence-electron chi connectivity index (χ1n) is 6.33. The number of nitrogens with zero attached hydrogens (tertiary/aromatic N) is 1. The van der Waals surface area contributed by atoms with E-state index in [0.717, 1.165) is 18.7 Å². The first-order chi connectivity index (χ1) is 8.33. The lowest BCUT2D eigenvalue weighted by molar-refractivity contribution is -0.126. The van der Waals surface area contributed by atoms with E-state index in [1.807, 2.05) is 30.3 Å². The molecule has 1 heterocycles. The molecule has 0 aromatic heterocycles. The Labute approximate surface area is 103 Å². The normalized spacial score (nSPS) is 18.6. The van der Waals surface area contributed by atoms with E-state index in [0.29, 0.717) is 0 Å². The van der Waals surface area contributed by atoms with Crippen LogP contribution in [0.3, 0.4) is 0 Å². The zero-order chi connectivity index (χ0) is 12.1. The molecule has 1 aliphatic rings. The van der Waals surface area contributed by atoms with Crippen molar-refractivity contribution in [1.29, 1.82) is 0 Å². The summed E-state index contributed by atoms with van der Waals surface area (Å²) in [5.74, 6) is 0.0955. The summed E-state index contributed by atoms with van der Waals surface area (Å²) >= 11 is 0. The van der Waals surface area contributed by atoms with Gasteiger partial charge in [-0.05, 0) is 31.5 Å². The van der Waals surface area contributed by atoms with E-state index in [4.69, 9.17) is 0 Å². The zero-order valence-electron chi connectivity index (χ0n) is 10.4. The number of benzene rings is 1. The van der Waals surface area contributed by atoms with Gasteiger partial charge in [0.25, 0.3) is 0 Å². The first kappa shape index (κ1) is 12.1. The molecule has 1 unspecified atom stereocenters. The molecule has 1 aromatic carbocycles. The van der Waals surface area contributed by atoms with Gasteiger partial charge in [0, 0.05) is 7.05 Å². The van der Waals surface area contributed by atoms with Gasteiger partial charge in [0.2, 0.25) is 5.91 Å². The molecule has 1 N–H and O–H groups in total. The van der Waals surface area contributed by atoms with Gasteiger partial charge in [-0.3, -0.25) is 9.69 Å². The van der Waals surface area contributed by atoms with Crippen LogP contribution in [0.2, 0.25) is 0 Å². The van der Waals surface area contributed by atoms with Crippen LogP contribution >= 0.6 is 0 Å². The van der Waals surface area contributed by atoms with Crippen LogP contribution in [0, 0.1) is 0 Å². The van der Waals surface area contributed by atoms with Crippen LogP contribution in [0.15, 0.2) is 30.3 Å². The predicted octanol–water partition coefficient (Wildman–Crippen LogP) is 1.96. The summed E-state index contributed by atoms with van der Waals surface area (Å²) in [6, 6.07) is 9.93. The fourth-order valence-corrected chi connectivity index (χ4v) is 2.48. The first-order valence-corrected chi connectivity index (χ1v) is 6.33. The van der Waals surface area contributed by atoms with E-state index in [1.165, 1.54) is 19.3 Å². The quantitative estimate of drug-likeness (QED) is 0.864. The summed E-state index contributed by atoms with van der Waals surface area (Å²) in [6.07, 6.45) is 3.67. The Kier molecular flexibility index (Phi) is 4.15. The third kappa shape index (κ3) is 2.86. The SMILES string of the molecule is CNC(=O)C(c1ccccc1)N1CCCCC1. The lowest BCUT2D eigenvalue weighted by Gasteiger charge is -2.33. The third-order valence-corrected chi connectivity index (χ3v) is 3.37. The molecule has 0 saturated carbocycles. The molecule has 1 fully saturated rings. The van der Waals surface area contributed by atoms with Gasteiger partial charge in [-0.15, -0.1) is 0 Å². The molecule has 1 amide bonds. The van der Waals surface area contributed by atoms with Gasteiger partial charge in [-0.2, -0.15) is 0 Å². The van der Waals surface area contributed by atoms with Crippen LogP contribution in [-0.2, 0) is 4.79 Å². The highest BCUT2D eigenvalue weighted by molar-refractivity contribution is 5.82. The van der Waals surface area contributed by atoms with Crippen molar-refractivity contribution in [1.82, 2.24) is 10.2 Å². The fraction of sp³-hybridized carbons (Fsp3) is 0.500. The molecule has 2 rings (SSSR count). The molecule has 17 heavy (non-hydrogen) atoms. The van der Waals surface area contributed by atoms with Crippen molar-refractivity contribution in [2.24, 2.45) is 0 Å². The van der Waals surface area contributed by atoms with E-state index >= 15 is 0 Å². The van der Waals surface area contributed by atoms with Gasteiger partial charge >= 0.3 is 0 Å². The smallest absolute Gasteiger partial charge is 0.241 e. The molecule has 1 saturated heterocycles. The molecular formula is C14H20N2O. The molecular weight excluding hydrogens is 212 g/mol. The van der Waals surface area contributed by atoms with Gasteiger partial charge in [0.15, 0.2) is 0 Å². The monoisotopic (exact) mass is 232 g/mol. The number of piperidine rings is 1. The van der Waals surface area contributed by atoms with Crippen molar-refractivity contribution in [3.63, 3.8) is 0 Å². The van der Waals surface area contributed by atoms with Gasteiger partial charge in [-0.1, -0.05) is 36.8 Å². The minimum absolute atomic E-state index is 0.0955. The number of carbonyl (C=O) groups excluding carboxylic acids is 1. The van der Waals surface area contributed by atoms with Crippen molar-refractivity contribution in [3.05, 3.63) is 35.9 Å². The highest BCUT2D eigenvalue weighted by Crippen LogP contribution is 2.24. The second-order valence-electron chi connectivity index (χ2n) is 4.52. The Morgan fingerprint density at radius 1 is 1.18 bits per heavy atom. The molecule has 1 aliphatic heterocycles. The van der Waals surface area contributed by atoms with Gasteiger partial charge < -0.3 is 5.32 Å². The molecule has 0 bridgehead atoms. The maximum absolute atomic E-state index is 12.1. The Hall–Kier alpha value is -1.35. The Morgan fingerprint density at radius 3 is 2.41 bits per heavy atom. The predicted molar refractivity (Wildman–Crippen MR) is 68.7 cm³/mol. The van der Waals surface area contributed by atoms with Gasteiger partial charge in [-0.25, -0.2) is 0 Å². The van der Waals surface area contributed by atoms with E-state index in [-0.39, 0.29) is 11.9 Å². The summed E-state index contributed by atoms with van der Waals surface area (Å²) in [4.78, 5) is 14.3. The summed E-state index contributed by atoms with van der Waals surface area (Å²) in [5, 5.41) is 2.78. The molecule has 0 radical (unpaired) electrons. The van der Waals surface area contributed by atoms with E-state index < -0.39 is 0 Å². The number of nitrogens with one attached hydrogen (secondary N) is 1. The number of carbonyl (C=O) groups is 1. The minimum atomic E-state index is -0.124. The lowest BCUT2D eigenvalue weighted by atomic mass is 10.0. The van der Waals surface area contributed by atoms with Crippen LogP contribution in [0.4, 0.5) is 0 Å². The van der Waals surface area contributed by atoms with E-state index in [1.54, 1.807) is 7.05 Å². The van der Waals surface area contributed by atoms with Crippen molar-refractivity contribution < 1.29 is 4.79 Å². The van der Waals surface area contributed by atoms with Crippen LogP contribution < -0.4 is 5.32 Å². The van der Waals surface area contributed by atoms with Crippen molar-refractivity contribution in [2.75, 3.05) is 20.1 Å². The van der Waals surface area contributed by atoms with Crippen LogP contribution in [0.5, 0.6) is 0 Å². The largest absolute Gasteiger partial charge is 0.358 e. The topological polar surface area (TPSA) is 32.3 Å². The maximum atomic E-state index is 12.1. The molecule has 0 spiro atoms. The summed E-state index contributed by atoms with van der Waals surface area (Å²) in [7, 11) is 1.71. The van der Waals surface area contributed by atoms with Gasteiger partial charge in [0.1, 0.15) is 6.04 Å². The number of likely N-dealkylation sites (tertiary alicyclic amines) is 1. The number of hydrogen-bond donors (Lipinski definition) is 1.